The van der Waals surface area contributed by atoms with E-state index in [4.69, 9.17) is 4.74 Å². The molecule has 0 fully saturated rings. The molecule has 16 heavy (non-hydrogen) atoms. The third-order valence-electron chi connectivity index (χ3n) is 2.56. The summed E-state index contributed by atoms with van der Waals surface area (Å²) in [5.41, 5.74) is 2.55. The zero-order valence-electron chi connectivity index (χ0n) is 9.91. The normalized spacial score (nSPS) is 10.4. The maximum atomic E-state index is 5.75. The van der Waals surface area contributed by atoms with E-state index in [1.807, 2.05) is 23.5 Å². The molecule has 2 aromatic rings. The van der Waals surface area contributed by atoms with Crippen molar-refractivity contribution >= 4 is 11.3 Å². The molecule has 0 bridgehead atoms. The summed E-state index contributed by atoms with van der Waals surface area (Å²) in [6.07, 6.45) is 0. The Kier molecular flexibility index (Phi) is 3.30. The average Bonchev–Trinajstić information content (AvgIpc) is 2.57. The molecule has 0 N–H and O–H groups in total. The second kappa shape index (κ2) is 4.71. The first-order chi connectivity index (χ1) is 7.65. The van der Waals surface area contributed by atoms with Crippen molar-refractivity contribution in [2.24, 2.45) is 0 Å². The highest BCUT2D eigenvalue weighted by Crippen LogP contribution is 2.22. The van der Waals surface area contributed by atoms with Gasteiger partial charge in [0, 0.05) is 15.3 Å². The van der Waals surface area contributed by atoms with Gasteiger partial charge in [-0.05, 0) is 39.0 Å². The minimum atomic E-state index is 0.666. The molecule has 0 saturated carbocycles. The van der Waals surface area contributed by atoms with E-state index in [2.05, 4.69) is 39.0 Å². The van der Waals surface area contributed by atoms with E-state index in [1.165, 1.54) is 20.9 Å². The Labute approximate surface area is 101 Å². The van der Waals surface area contributed by atoms with Crippen LogP contribution in [0.5, 0.6) is 5.75 Å². The number of thiophene rings is 1. The molecule has 0 radical (unpaired) electrons. The molecule has 0 aliphatic rings. The number of rotatable bonds is 3. The van der Waals surface area contributed by atoms with E-state index >= 15 is 0 Å². The Balaban J connectivity index is 2.02. The van der Waals surface area contributed by atoms with Crippen LogP contribution in [0, 0.1) is 20.8 Å². The Morgan fingerprint density at radius 1 is 1.06 bits per heavy atom. The Hall–Kier alpha value is -1.28. The molecule has 1 nitrogen and oxygen atoms in total. The summed E-state index contributed by atoms with van der Waals surface area (Å²) in [6.45, 7) is 7.02. The SMILES string of the molecule is Cc1ccc(OCc2cc(C)sc2C)cc1. The molecule has 0 saturated heterocycles. The fourth-order valence-electron chi connectivity index (χ4n) is 1.62. The summed E-state index contributed by atoms with van der Waals surface area (Å²) in [6, 6.07) is 10.4. The number of aryl methyl sites for hydroxylation is 3. The average molecular weight is 232 g/mol. The summed E-state index contributed by atoms with van der Waals surface area (Å²) in [5, 5.41) is 0. The lowest BCUT2D eigenvalue weighted by Crippen LogP contribution is -1.95. The van der Waals surface area contributed by atoms with E-state index in [-0.39, 0.29) is 0 Å². The van der Waals surface area contributed by atoms with Crippen molar-refractivity contribution in [1.82, 2.24) is 0 Å². The largest absolute Gasteiger partial charge is 0.489 e. The zero-order valence-corrected chi connectivity index (χ0v) is 10.7. The Morgan fingerprint density at radius 2 is 1.75 bits per heavy atom. The first-order valence-electron chi connectivity index (χ1n) is 5.40. The van der Waals surface area contributed by atoms with Gasteiger partial charge in [-0.3, -0.25) is 0 Å². The first kappa shape index (κ1) is 11.2. The van der Waals surface area contributed by atoms with E-state index < -0.39 is 0 Å². The highest BCUT2D eigenvalue weighted by atomic mass is 32.1. The molecule has 0 spiro atoms. The van der Waals surface area contributed by atoms with Gasteiger partial charge < -0.3 is 4.74 Å². The lowest BCUT2D eigenvalue weighted by molar-refractivity contribution is 0.306. The number of ether oxygens (including phenoxy) is 1. The van der Waals surface area contributed by atoms with Crippen molar-refractivity contribution in [3.63, 3.8) is 0 Å². The van der Waals surface area contributed by atoms with Gasteiger partial charge >= 0.3 is 0 Å². The molecule has 0 amide bonds. The van der Waals surface area contributed by atoms with Gasteiger partial charge in [0.05, 0.1) is 0 Å². The van der Waals surface area contributed by atoms with Gasteiger partial charge in [-0.2, -0.15) is 0 Å². The van der Waals surface area contributed by atoms with Gasteiger partial charge in [-0.15, -0.1) is 11.3 Å². The van der Waals surface area contributed by atoms with Crippen LogP contribution in [0.3, 0.4) is 0 Å². The van der Waals surface area contributed by atoms with Crippen LogP contribution in [0.15, 0.2) is 30.3 Å². The molecule has 84 valence electrons. The number of hydrogen-bond donors (Lipinski definition) is 0. The van der Waals surface area contributed by atoms with E-state index in [0.717, 1.165) is 5.75 Å². The smallest absolute Gasteiger partial charge is 0.119 e. The maximum Gasteiger partial charge on any atom is 0.119 e. The summed E-state index contributed by atoms with van der Waals surface area (Å²) < 4.78 is 5.75. The zero-order chi connectivity index (χ0) is 11.5. The Bertz CT molecular complexity index is 468. The fourth-order valence-corrected chi connectivity index (χ4v) is 2.56. The van der Waals surface area contributed by atoms with Crippen LogP contribution in [0.1, 0.15) is 20.9 Å². The van der Waals surface area contributed by atoms with Crippen LogP contribution in [0.25, 0.3) is 0 Å². The molecule has 0 unspecified atom stereocenters. The standard InChI is InChI=1S/C14H16OS/c1-10-4-6-14(7-5-10)15-9-13-8-11(2)16-12(13)3/h4-8H,9H2,1-3H3. The van der Waals surface area contributed by atoms with E-state index in [1.54, 1.807) is 0 Å². The topological polar surface area (TPSA) is 9.23 Å². The van der Waals surface area contributed by atoms with Crippen LogP contribution in [-0.2, 0) is 6.61 Å². The molecule has 0 aliphatic heterocycles. The maximum absolute atomic E-state index is 5.75. The van der Waals surface area contributed by atoms with Gasteiger partial charge in [-0.25, -0.2) is 0 Å². The van der Waals surface area contributed by atoms with Crippen molar-refractivity contribution in [3.8, 4) is 5.75 Å². The molecular weight excluding hydrogens is 216 g/mol. The molecule has 0 atom stereocenters. The third kappa shape index (κ3) is 2.64. The summed E-state index contributed by atoms with van der Waals surface area (Å²) in [7, 11) is 0. The van der Waals surface area contributed by atoms with Crippen molar-refractivity contribution in [1.29, 1.82) is 0 Å². The summed E-state index contributed by atoms with van der Waals surface area (Å²) in [5.74, 6) is 0.939. The number of hydrogen-bond acceptors (Lipinski definition) is 2. The van der Waals surface area contributed by atoms with E-state index in [9.17, 15) is 0 Å². The fraction of sp³-hybridized carbons (Fsp3) is 0.286. The van der Waals surface area contributed by atoms with Gasteiger partial charge in [0.2, 0.25) is 0 Å². The van der Waals surface area contributed by atoms with E-state index in [0.29, 0.717) is 6.61 Å². The molecule has 0 aliphatic carbocycles. The highest BCUT2D eigenvalue weighted by Gasteiger charge is 2.03. The monoisotopic (exact) mass is 232 g/mol. The predicted molar refractivity (Wildman–Crippen MR) is 69.3 cm³/mol. The minimum absolute atomic E-state index is 0.666. The molecule has 2 rings (SSSR count). The van der Waals surface area contributed by atoms with Crippen molar-refractivity contribution in [2.75, 3.05) is 0 Å². The third-order valence-corrected chi connectivity index (χ3v) is 3.57. The molecule has 2 heteroatoms. The number of benzene rings is 1. The van der Waals surface area contributed by atoms with Crippen molar-refractivity contribution < 1.29 is 4.74 Å². The van der Waals surface area contributed by atoms with Crippen molar-refractivity contribution in [3.05, 3.63) is 51.2 Å². The molecule has 1 heterocycles. The van der Waals surface area contributed by atoms with Crippen LogP contribution in [-0.4, -0.2) is 0 Å². The van der Waals surface area contributed by atoms with Gasteiger partial charge in [0.1, 0.15) is 12.4 Å². The van der Waals surface area contributed by atoms with Crippen LogP contribution in [0.2, 0.25) is 0 Å². The quantitative estimate of drug-likeness (QED) is 0.768. The van der Waals surface area contributed by atoms with Crippen LogP contribution in [0.4, 0.5) is 0 Å². The molecule has 1 aromatic heterocycles. The summed E-state index contributed by atoms with van der Waals surface area (Å²) >= 11 is 1.83. The molecular formula is C14H16OS. The van der Waals surface area contributed by atoms with Crippen LogP contribution >= 0.6 is 11.3 Å². The second-order valence-corrected chi connectivity index (χ2v) is 5.50. The van der Waals surface area contributed by atoms with Gasteiger partial charge in [0.15, 0.2) is 0 Å². The minimum Gasteiger partial charge on any atom is -0.489 e. The lowest BCUT2D eigenvalue weighted by Gasteiger charge is -2.05. The highest BCUT2D eigenvalue weighted by molar-refractivity contribution is 7.12. The molecule has 1 aromatic carbocycles. The van der Waals surface area contributed by atoms with Gasteiger partial charge in [0.25, 0.3) is 0 Å². The van der Waals surface area contributed by atoms with Gasteiger partial charge in [-0.1, -0.05) is 17.7 Å². The Morgan fingerprint density at radius 3 is 2.31 bits per heavy atom. The van der Waals surface area contributed by atoms with Crippen LogP contribution < -0.4 is 4.74 Å². The summed E-state index contributed by atoms with van der Waals surface area (Å²) in [4.78, 5) is 2.70. The first-order valence-corrected chi connectivity index (χ1v) is 6.22. The predicted octanol–water partition coefficient (Wildman–Crippen LogP) is 4.25. The lowest BCUT2D eigenvalue weighted by atomic mass is 10.2. The second-order valence-electron chi connectivity index (χ2n) is 4.04. The van der Waals surface area contributed by atoms with Crippen molar-refractivity contribution in [2.45, 2.75) is 27.4 Å².